The van der Waals surface area contributed by atoms with Crippen LogP contribution < -0.4 is 9.64 Å². The second-order valence-corrected chi connectivity index (χ2v) is 10.2. The Kier molecular flexibility index (Phi) is 6.36. The molecule has 0 spiro atoms. The predicted molar refractivity (Wildman–Crippen MR) is 137 cm³/mol. The lowest BCUT2D eigenvalue weighted by atomic mass is 9.85. The summed E-state index contributed by atoms with van der Waals surface area (Å²) in [5.74, 6) is -0.219. The maximum Gasteiger partial charge on any atom is 0.387 e. The molecule has 1 N–H and O–H groups in total. The zero-order valence-electron chi connectivity index (χ0n) is 21.1. The third kappa shape index (κ3) is 4.66. The molecule has 2 unspecified atom stereocenters. The minimum Gasteiger partial charge on any atom is -0.481 e. The number of alkyl halides is 2. The number of rotatable bonds is 7. The van der Waals surface area contributed by atoms with Crippen molar-refractivity contribution in [3.05, 3.63) is 66.0 Å². The third-order valence-corrected chi connectivity index (χ3v) is 7.90. The highest BCUT2D eigenvalue weighted by molar-refractivity contribution is 5.83. The summed E-state index contributed by atoms with van der Waals surface area (Å²) >= 11 is 0. The molecule has 1 aliphatic carbocycles. The second kappa shape index (κ2) is 9.87. The van der Waals surface area contributed by atoms with Crippen LogP contribution >= 0.6 is 0 Å². The van der Waals surface area contributed by atoms with Crippen molar-refractivity contribution in [3.63, 3.8) is 0 Å². The van der Waals surface area contributed by atoms with Gasteiger partial charge in [0, 0.05) is 48.2 Å². The summed E-state index contributed by atoms with van der Waals surface area (Å²) < 4.78 is 47.5. The summed E-state index contributed by atoms with van der Waals surface area (Å²) in [5.41, 5.74) is 2.38. The number of fused-ring (bicyclic) bond motifs is 3. The average Bonchev–Trinajstić information content (AvgIpc) is 3.35. The van der Waals surface area contributed by atoms with Crippen LogP contribution in [0.4, 0.5) is 19.1 Å². The van der Waals surface area contributed by atoms with Crippen LogP contribution in [0.25, 0.3) is 22.2 Å². The van der Waals surface area contributed by atoms with Crippen LogP contribution in [-0.4, -0.2) is 50.3 Å². The number of carboxylic acids is 1. The number of halogens is 3. The van der Waals surface area contributed by atoms with E-state index in [1.165, 1.54) is 12.1 Å². The number of aryl methyl sites for hydroxylation is 1. The first kappa shape index (κ1) is 25.1. The number of para-hydroxylation sites is 1. The van der Waals surface area contributed by atoms with Crippen LogP contribution in [0.3, 0.4) is 0 Å². The molecule has 2 aromatic carbocycles. The molecule has 202 valence electrons. The van der Waals surface area contributed by atoms with E-state index in [1.807, 2.05) is 9.47 Å². The first-order valence-corrected chi connectivity index (χ1v) is 12.8. The molecule has 2 aromatic heterocycles. The Morgan fingerprint density at radius 1 is 1.13 bits per heavy atom. The van der Waals surface area contributed by atoms with Crippen LogP contribution in [-0.2, 0) is 11.3 Å². The molecular formula is C28H26F3N5O3. The number of ether oxygens (including phenoxy) is 1. The zero-order chi connectivity index (χ0) is 27.3. The van der Waals surface area contributed by atoms with Crippen molar-refractivity contribution in [3.8, 4) is 16.9 Å². The molecule has 0 radical (unpaired) electrons. The number of imidazole rings is 1. The Hall–Kier alpha value is -4.15. The van der Waals surface area contributed by atoms with Crippen LogP contribution in [0.2, 0.25) is 0 Å². The Labute approximate surface area is 222 Å². The number of carboxylic acid groups (broad SMARTS) is 1. The number of nitrogens with zero attached hydrogens (tertiary/aromatic N) is 5. The summed E-state index contributed by atoms with van der Waals surface area (Å²) in [5, 5.41) is 9.56. The summed E-state index contributed by atoms with van der Waals surface area (Å²) in [6.07, 6.45) is 4.90. The number of hydrogen-bond donors (Lipinski definition) is 1. The molecular weight excluding hydrogens is 511 g/mol. The standard InChI is InChI=1S/C28H26F3N5O3/c1-15-34-22-9-21(29)20(8-23(22)36(15)14-16-4-2-3-5-24(16)39-27(30)31)19-10-32-28(33-11-19)35-12-17-6-7-18(13-35)25(17)26(37)38/h2-5,8-11,17-18,25,27H,6-7,12-14H2,1H3,(H,37,38). The number of hydrogen-bond acceptors (Lipinski definition) is 6. The molecule has 39 heavy (non-hydrogen) atoms. The Morgan fingerprint density at radius 2 is 1.82 bits per heavy atom. The molecule has 3 heterocycles. The third-order valence-electron chi connectivity index (χ3n) is 7.90. The second-order valence-electron chi connectivity index (χ2n) is 10.2. The molecule has 1 aliphatic heterocycles. The zero-order valence-corrected chi connectivity index (χ0v) is 21.1. The maximum atomic E-state index is 15.2. The van der Waals surface area contributed by atoms with Crippen molar-refractivity contribution in [2.75, 3.05) is 18.0 Å². The average molecular weight is 538 g/mol. The van der Waals surface area contributed by atoms with E-state index in [4.69, 9.17) is 0 Å². The Bertz CT molecular complexity index is 1530. The molecule has 2 atom stereocenters. The molecule has 11 heteroatoms. The smallest absolute Gasteiger partial charge is 0.387 e. The molecule has 2 fully saturated rings. The Balaban J connectivity index is 1.29. The molecule has 8 nitrogen and oxygen atoms in total. The SMILES string of the molecule is Cc1nc2cc(F)c(-c3cnc(N4CC5CCC(C4)C5C(=O)O)nc3)cc2n1Cc1ccccc1OC(F)F. The molecule has 2 aliphatic rings. The van der Waals surface area contributed by atoms with Gasteiger partial charge in [0.2, 0.25) is 5.95 Å². The van der Waals surface area contributed by atoms with Crippen molar-refractivity contribution >= 4 is 23.0 Å². The lowest BCUT2D eigenvalue weighted by molar-refractivity contribution is -0.144. The highest BCUT2D eigenvalue weighted by Crippen LogP contribution is 2.43. The molecule has 0 amide bonds. The quantitative estimate of drug-likeness (QED) is 0.349. The molecule has 4 aromatic rings. The van der Waals surface area contributed by atoms with E-state index in [0.717, 1.165) is 12.8 Å². The van der Waals surface area contributed by atoms with Crippen LogP contribution in [0.5, 0.6) is 5.75 Å². The highest BCUT2D eigenvalue weighted by atomic mass is 19.3. The van der Waals surface area contributed by atoms with Gasteiger partial charge in [0.25, 0.3) is 0 Å². The highest BCUT2D eigenvalue weighted by Gasteiger charge is 2.46. The minimum absolute atomic E-state index is 0.0703. The van der Waals surface area contributed by atoms with E-state index in [9.17, 15) is 18.7 Å². The van der Waals surface area contributed by atoms with Crippen molar-refractivity contribution in [1.29, 1.82) is 0 Å². The van der Waals surface area contributed by atoms with Gasteiger partial charge in [0.1, 0.15) is 17.4 Å². The molecule has 2 bridgehead atoms. The van der Waals surface area contributed by atoms with Gasteiger partial charge in [-0.25, -0.2) is 19.3 Å². The van der Waals surface area contributed by atoms with Gasteiger partial charge in [0.05, 0.1) is 23.5 Å². The van der Waals surface area contributed by atoms with Crippen molar-refractivity contribution < 1.29 is 27.8 Å². The van der Waals surface area contributed by atoms with Crippen LogP contribution in [0, 0.1) is 30.5 Å². The number of aliphatic carboxylic acids is 1. The lowest BCUT2D eigenvalue weighted by Gasteiger charge is -2.35. The van der Waals surface area contributed by atoms with E-state index >= 15 is 4.39 Å². The van der Waals surface area contributed by atoms with E-state index in [2.05, 4.69) is 19.7 Å². The maximum absolute atomic E-state index is 15.2. The fourth-order valence-corrected chi connectivity index (χ4v) is 6.12. The van der Waals surface area contributed by atoms with Crippen molar-refractivity contribution in [1.82, 2.24) is 19.5 Å². The van der Waals surface area contributed by atoms with Crippen LogP contribution in [0.15, 0.2) is 48.8 Å². The van der Waals surface area contributed by atoms with E-state index in [-0.39, 0.29) is 35.6 Å². The normalized spacial score (nSPS) is 20.6. The topological polar surface area (TPSA) is 93.4 Å². The van der Waals surface area contributed by atoms with Crippen molar-refractivity contribution in [2.24, 2.45) is 17.8 Å². The van der Waals surface area contributed by atoms with E-state index in [1.54, 1.807) is 43.6 Å². The number of aromatic nitrogens is 4. The number of carbonyl (C=O) groups is 1. The van der Waals surface area contributed by atoms with Gasteiger partial charge in [-0.15, -0.1) is 0 Å². The first-order valence-electron chi connectivity index (χ1n) is 12.8. The summed E-state index contributed by atoms with van der Waals surface area (Å²) in [6.45, 7) is 0.201. The number of benzene rings is 2. The largest absolute Gasteiger partial charge is 0.481 e. The van der Waals surface area contributed by atoms with Crippen molar-refractivity contribution in [2.45, 2.75) is 32.9 Å². The number of anilines is 1. The lowest BCUT2D eigenvalue weighted by Crippen LogP contribution is -2.45. The van der Waals surface area contributed by atoms with Gasteiger partial charge in [-0.1, -0.05) is 18.2 Å². The van der Waals surface area contributed by atoms with E-state index in [0.29, 0.717) is 47.0 Å². The van der Waals surface area contributed by atoms with E-state index < -0.39 is 18.4 Å². The fourth-order valence-electron chi connectivity index (χ4n) is 6.12. The summed E-state index contributed by atoms with van der Waals surface area (Å²) in [4.78, 5) is 27.1. The monoisotopic (exact) mass is 537 g/mol. The summed E-state index contributed by atoms with van der Waals surface area (Å²) in [6, 6.07) is 9.55. The fraction of sp³-hybridized carbons (Fsp3) is 0.357. The number of piperidine rings is 1. The van der Waals surface area contributed by atoms with Gasteiger partial charge in [-0.3, -0.25) is 4.79 Å². The van der Waals surface area contributed by atoms with Gasteiger partial charge >= 0.3 is 12.6 Å². The molecule has 1 saturated carbocycles. The van der Waals surface area contributed by atoms with Gasteiger partial charge in [-0.05, 0) is 43.7 Å². The Morgan fingerprint density at radius 3 is 2.49 bits per heavy atom. The summed E-state index contributed by atoms with van der Waals surface area (Å²) in [7, 11) is 0. The van der Waals surface area contributed by atoms with Gasteiger partial charge in [-0.2, -0.15) is 8.78 Å². The van der Waals surface area contributed by atoms with Crippen LogP contribution in [0.1, 0.15) is 24.2 Å². The predicted octanol–water partition coefficient (Wildman–Crippen LogP) is 5.14. The molecule has 6 rings (SSSR count). The minimum atomic E-state index is -2.95. The molecule has 1 saturated heterocycles. The first-order chi connectivity index (χ1) is 18.8. The van der Waals surface area contributed by atoms with Gasteiger partial charge < -0.3 is 19.3 Å². The van der Waals surface area contributed by atoms with Gasteiger partial charge in [0.15, 0.2) is 0 Å².